The van der Waals surface area contributed by atoms with Crippen molar-refractivity contribution in [3.05, 3.63) is 17.5 Å². The Kier molecular flexibility index (Phi) is 4.49. The van der Waals surface area contributed by atoms with E-state index < -0.39 is 0 Å². The minimum absolute atomic E-state index is 0.0211. The lowest BCUT2D eigenvalue weighted by atomic mass is 10.2. The van der Waals surface area contributed by atoms with Crippen LogP contribution in [0.2, 0.25) is 0 Å². The Labute approximate surface area is 83.9 Å². The summed E-state index contributed by atoms with van der Waals surface area (Å²) in [5, 5.41) is 8.93. The average Bonchev–Trinajstić information content (AvgIpc) is 2.55. The number of nitrogens with one attached hydrogen (secondary N) is 1. The molecule has 0 amide bonds. The smallest absolute Gasteiger partial charge is 0.139 e. The van der Waals surface area contributed by atoms with E-state index in [4.69, 9.17) is 14.6 Å². The number of aromatic nitrogens is 1. The second-order valence-corrected chi connectivity index (χ2v) is 3.11. The number of aliphatic hydroxyl groups excluding tert-OH is 1. The predicted molar refractivity (Wildman–Crippen MR) is 53.4 cm³/mol. The third-order valence-corrected chi connectivity index (χ3v) is 2.11. The predicted octanol–water partition coefficient (Wildman–Crippen LogP) is 1.23. The lowest BCUT2D eigenvalue weighted by Gasteiger charge is -2.04. The molecule has 0 spiro atoms. The van der Waals surface area contributed by atoms with Crippen LogP contribution < -0.4 is 4.74 Å². The van der Waals surface area contributed by atoms with E-state index in [1.165, 1.54) is 0 Å². The SMILES string of the molecule is COCCCOc1c[nH]c(CO)c1C. The molecule has 1 aromatic heterocycles. The molecule has 1 rings (SSSR count). The molecule has 0 atom stereocenters. The Balaban J connectivity index is 2.39. The van der Waals surface area contributed by atoms with Crippen molar-refractivity contribution >= 4 is 0 Å². The van der Waals surface area contributed by atoms with Crippen LogP contribution in [0.5, 0.6) is 5.75 Å². The summed E-state index contributed by atoms with van der Waals surface area (Å²) in [6.45, 7) is 3.29. The molecule has 0 radical (unpaired) electrons. The number of aliphatic hydroxyl groups is 1. The zero-order valence-corrected chi connectivity index (χ0v) is 8.67. The van der Waals surface area contributed by atoms with Gasteiger partial charge in [0, 0.05) is 37.6 Å². The quantitative estimate of drug-likeness (QED) is 0.677. The zero-order chi connectivity index (χ0) is 10.4. The van der Waals surface area contributed by atoms with E-state index in [1.807, 2.05) is 6.92 Å². The van der Waals surface area contributed by atoms with Crippen LogP contribution in [0, 0.1) is 6.92 Å². The molecule has 0 aliphatic rings. The Morgan fingerprint density at radius 1 is 1.43 bits per heavy atom. The largest absolute Gasteiger partial charge is 0.492 e. The summed E-state index contributed by atoms with van der Waals surface area (Å²) in [5.41, 5.74) is 1.79. The lowest BCUT2D eigenvalue weighted by Crippen LogP contribution is -2.01. The van der Waals surface area contributed by atoms with Gasteiger partial charge in [0.05, 0.1) is 13.2 Å². The highest BCUT2D eigenvalue weighted by Gasteiger charge is 2.06. The van der Waals surface area contributed by atoms with E-state index in [9.17, 15) is 0 Å². The van der Waals surface area contributed by atoms with Crippen molar-refractivity contribution in [2.45, 2.75) is 20.0 Å². The van der Waals surface area contributed by atoms with Gasteiger partial charge in [-0.1, -0.05) is 0 Å². The van der Waals surface area contributed by atoms with Crippen LogP contribution in [-0.2, 0) is 11.3 Å². The molecule has 0 aliphatic carbocycles. The molecule has 0 fully saturated rings. The summed E-state index contributed by atoms with van der Waals surface area (Å²) in [5.74, 6) is 0.810. The molecule has 0 bridgehead atoms. The molecule has 1 heterocycles. The van der Waals surface area contributed by atoms with Crippen LogP contribution in [0.15, 0.2) is 6.20 Å². The van der Waals surface area contributed by atoms with E-state index in [2.05, 4.69) is 4.98 Å². The molecule has 2 N–H and O–H groups in total. The fourth-order valence-corrected chi connectivity index (χ4v) is 1.22. The van der Waals surface area contributed by atoms with Gasteiger partial charge in [0.15, 0.2) is 0 Å². The van der Waals surface area contributed by atoms with Crippen LogP contribution in [-0.4, -0.2) is 30.4 Å². The summed E-state index contributed by atoms with van der Waals surface area (Å²) >= 11 is 0. The highest BCUT2D eigenvalue weighted by Crippen LogP contribution is 2.20. The van der Waals surface area contributed by atoms with Gasteiger partial charge in [0.25, 0.3) is 0 Å². The van der Waals surface area contributed by atoms with Crippen LogP contribution in [0.1, 0.15) is 17.7 Å². The average molecular weight is 199 g/mol. The van der Waals surface area contributed by atoms with Gasteiger partial charge in [-0.2, -0.15) is 0 Å². The highest BCUT2D eigenvalue weighted by atomic mass is 16.5. The van der Waals surface area contributed by atoms with E-state index >= 15 is 0 Å². The summed E-state index contributed by atoms with van der Waals surface area (Å²) in [4.78, 5) is 2.96. The van der Waals surface area contributed by atoms with Crippen molar-refractivity contribution in [1.29, 1.82) is 0 Å². The van der Waals surface area contributed by atoms with Gasteiger partial charge < -0.3 is 19.6 Å². The first kappa shape index (κ1) is 11.1. The number of H-pyrrole nitrogens is 1. The fraction of sp³-hybridized carbons (Fsp3) is 0.600. The van der Waals surface area contributed by atoms with Gasteiger partial charge in [-0.05, 0) is 6.92 Å². The molecular formula is C10H17NO3. The fourth-order valence-electron chi connectivity index (χ4n) is 1.22. The van der Waals surface area contributed by atoms with Crippen LogP contribution >= 0.6 is 0 Å². The summed E-state index contributed by atoms with van der Waals surface area (Å²) < 4.78 is 10.4. The maximum atomic E-state index is 8.93. The normalized spacial score (nSPS) is 10.5. The molecule has 0 saturated heterocycles. The molecule has 0 unspecified atom stereocenters. The van der Waals surface area contributed by atoms with Crippen molar-refractivity contribution < 1.29 is 14.6 Å². The Bertz CT molecular complexity index is 270. The maximum Gasteiger partial charge on any atom is 0.139 e. The molecule has 4 heteroatoms. The molecule has 0 saturated carbocycles. The minimum atomic E-state index is 0.0211. The standard InChI is InChI=1S/C10H17NO3/c1-8-9(7-12)11-6-10(8)14-5-3-4-13-2/h6,11-12H,3-5,7H2,1-2H3. The van der Waals surface area contributed by atoms with Gasteiger partial charge in [-0.25, -0.2) is 0 Å². The summed E-state index contributed by atoms with van der Waals surface area (Å²) in [6, 6.07) is 0. The van der Waals surface area contributed by atoms with Crippen LogP contribution in [0.25, 0.3) is 0 Å². The molecule has 0 aromatic carbocycles. The van der Waals surface area contributed by atoms with Crippen molar-refractivity contribution in [1.82, 2.24) is 4.98 Å². The second-order valence-electron chi connectivity index (χ2n) is 3.11. The first-order valence-electron chi connectivity index (χ1n) is 4.69. The van der Waals surface area contributed by atoms with Crippen molar-refractivity contribution in [2.75, 3.05) is 20.3 Å². The van der Waals surface area contributed by atoms with Crippen molar-refractivity contribution in [3.63, 3.8) is 0 Å². The van der Waals surface area contributed by atoms with Gasteiger partial charge in [0.1, 0.15) is 5.75 Å². The summed E-state index contributed by atoms with van der Waals surface area (Å²) in [6.07, 6.45) is 2.64. The molecule has 14 heavy (non-hydrogen) atoms. The number of methoxy groups -OCH3 is 1. The second kappa shape index (κ2) is 5.67. The topological polar surface area (TPSA) is 54.5 Å². The molecule has 80 valence electrons. The zero-order valence-electron chi connectivity index (χ0n) is 8.67. The van der Waals surface area contributed by atoms with E-state index in [1.54, 1.807) is 13.3 Å². The van der Waals surface area contributed by atoms with E-state index in [-0.39, 0.29) is 6.61 Å². The first-order chi connectivity index (χ1) is 6.79. The van der Waals surface area contributed by atoms with Gasteiger partial charge in [0.2, 0.25) is 0 Å². The van der Waals surface area contributed by atoms with Gasteiger partial charge in [-0.3, -0.25) is 0 Å². The van der Waals surface area contributed by atoms with Crippen LogP contribution in [0.3, 0.4) is 0 Å². The summed E-state index contributed by atoms with van der Waals surface area (Å²) in [7, 11) is 1.67. The number of rotatable bonds is 6. The number of ether oxygens (including phenoxy) is 2. The maximum absolute atomic E-state index is 8.93. The number of hydrogen-bond acceptors (Lipinski definition) is 3. The Morgan fingerprint density at radius 2 is 2.21 bits per heavy atom. The highest BCUT2D eigenvalue weighted by molar-refractivity contribution is 5.34. The lowest BCUT2D eigenvalue weighted by molar-refractivity contribution is 0.172. The third-order valence-electron chi connectivity index (χ3n) is 2.11. The molecule has 4 nitrogen and oxygen atoms in total. The number of aromatic amines is 1. The Hall–Kier alpha value is -1.00. The van der Waals surface area contributed by atoms with Crippen molar-refractivity contribution in [2.24, 2.45) is 0 Å². The Morgan fingerprint density at radius 3 is 2.79 bits per heavy atom. The monoisotopic (exact) mass is 199 g/mol. The van der Waals surface area contributed by atoms with Crippen molar-refractivity contribution in [3.8, 4) is 5.75 Å². The molecular weight excluding hydrogens is 182 g/mol. The third kappa shape index (κ3) is 2.75. The molecule has 1 aromatic rings. The molecule has 0 aliphatic heterocycles. The first-order valence-corrected chi connectivity index (χ1v) is 4.69. The van der Waals surface area contributed by atoms with E-state index in [0.717, 1.165) is 23.4 Å². The number of hydrogen-bond donors (Lipinski definition) is 2. The van der Waals surface area contributed by atoms with E-state index in [0.29, 0.717) is 13.2 Å². The van der Waals surface area contributed by atoms with Gasteiger partial charge >= 0.3 is 0 Å². The minimum Gasteiger partial charge on any atom is -0.492 e. The van der Waals surface area contributed by atoms with Crippen LogP contribution in [0.4, 0.5) is 0 Å². The van der Waals surface area contributed by atoms with Gasteiger partial charge in [-0.15, -0.1) is 0 Å².